The van der Waals surface area contributed by atoms with Crippen LogP contribution < -0.4 is 0 Å². The molecule has 0 spiro atoms. The van der Waals surface area contributed by atoms with Crippen LogP contribution in [0.15, 0.2) is 12.7 Å². The Morgan fingerprint density at radius 2 is 2.21 bits per heavy atom. The Morgan fingerprint density at radius 1 is 1.64 bits per heavy atom. The zero-order valence-electron chi connectivity index (χ0n) is 8.56. The van der Waals surface area contributed by atoms with Crippen molar-refractivity contribution in [3.05, 3.63) is 12.7 Å². The summed E-state index contributed by atoms with van der Waals surface area (Å²) in [5, 5.41) is 0. The van der Waals surface area contributed by atoms with Crippen LogP contribution in [0.5, 0.6) is 0 Å². The van der Waals surface area contributed by atoms with Gasteiger partial charge in [-0.1, -0.05) is 6.58 Å². The summed E-state index contributed by atoms with van der Waals surface area (Å²) in [7, 11) is -1.70. The highest BCUT2D eigenvalue weighted by Crippen LogP contribution is 2.42. The SMILES string of the molecule is C=CC(=O)OC(C)COP(C)(=O)OC. The third-order valence-corrected chi connectivity index (χ3v) is 2.64. The zero-order chi connectivity index (χ0) is 11.2. The normalized spacial score (nSPS) is 16.8. The summed E-state index contributed by atoms with van der Waals surface area (Å²) in [4.78, 5) is 10.7. The molecule has 5 nitrogen and oxygen atoms in total. The van der Waals surface area contributed by atoms with Gasteiger partial charge in [0.1, 0.15) is 6.10 Å². The van der Waals surface area contributed by atoms with Gasteiger partial charge in [0.2, 0.25) is 0 Å². The first-order valence-corrected chi connectivity index (χ1v) is 6.01. The summed E-state index contributed by atoms with van der Waals surface area (Å²) in [5.41, 5.74) is 0. The van der Waals surface area contributed by atoms with Crippen LogP contribution >= 0.6 is 7.60 Å². The van der Waals surface area contributed by atoms with Gasteiger partial charge in [0.15, 0.2) is 0 Å². The van der Waals surface area contributed by atoms with Crippen LogP contribution in [-0.2, 0) is 23.1 Å². The van der Waals surface area contributed by atoms with Gasteiger partial charge in [-0.3, -0.25) is 4.57 Å². The summed E-state index contributed by atoms with van der Waals surface area (Å²) in [6.07, 6.45) is 0.571. The van der Waals surface area contributed by atoms with Gasteiger partial charge in [0.25, 0.3) is 0 Å². The maximum Gasteiger partial charge on any atom is 0.330 e. The molecule has 0 bridgehead atoms. The van der Waals surface area contributed by atoms with Crippen LogP contribution in [-0.4, -0.2) is 32.5 Å². The highest BCUT2D eigenvalue weighted by molar-refractivity contribution is 7.52. The van der Waals surface area contributed by atoms with Crippen LogP contribution in [0.2, 0.25) is 0 Å². The predicted octanol–water partition coefficient (Wildman–Crippen LogP) is 1.59. The van der Waals surface area contributed by atoms with Crippen molar-refractivity contribution in [1.29, 1.82) is 0 Å². The molecule has 82 valence electrons. The molecule has 0 aliphatic rings. The van der Waals surface area contributed by atoms with E-state index in [2.05, 4.69) is 11.1 Å². The van der Waals surface area contributed by atoms with Crippen LogP contribution in [0.3, 0.4) is 0 Å². The van der Waals surface area contributed by atoms with Gasteiger partial charge in [-0.2, -0.15) is 0 Å². The molecule has 0 aromatic rings. The second kappa shape index (κ2) is 5.96. The van der Waals surface area contributed by atoms with E-state index in [4.69, 9.17) is 9.26 Å². The molecule has 0 aliphatic carbocycles. The molecular formula is C8H15O5P. The summed E-state index contributed by atoms with van der Waals surface area (Å²) in [6, 6.07) is 0. The topological polar surface area (TPSA) is 61.8 Å². The molecule has 0 N–H and O–H groups in total. The lowest BCUT2D eigenvalue weighted by Gasteiger charge is -2.15. The summed E-state index contributed by atoms with van der Waals surface area (Å²) in [6.45, 7) is 6.24. The van der Waals surface area contributed by atoms with Crippen molar-refractivity contribution in [2.75, 3.05) is 20.4 Å². The maximum atomic E-state index is 11.2. The van der Waals surface area contributed by atoms with Crippen molar-refractivity contribution in [3.63, 3.8) is 0 Å². The van der Waals surface area contributed by atoms with Crippen molar-refractivity contribution in [2.45, 2.75) is 13.0 Å². The fourth-order valence-corrected chi connectivity index (χ4v) is 1.16. The number of ether oxygens (including phenoxy) is 1. The second-order valence-electron chi connectivity index (χ2n) is 2.70. The van der Waals surface area contributed by atoms with Crippen LogP contribution in [0.4, 0.5) is 0 Å². The van der Waals surface area contributed by atoms with E-state index >= 15 is 0 Å². The Balaban J connectivity index is 3.85. The quantitative estimate of drug-likeness (QED) is 0.388. The molecule has 0 rings (SSSR count). The monoisotopic (exact) mass is 222 g/mol. The maximum absolute atomic E-state index is 11.2. The van der Waals surface area contributed by atoms with Crippen molar-refractivity contribution in [3.8, 4) is 0 Å². The van der Waals surface area contributed by atoms with Crippen LogP contribution in [0.25, 0.3) is 0 Å². The van der Waals surface area contributed by atoms with Crippen molar-refractivity contribution < 1.29 is 23.1 Å². The minimum absolute atomic E-state index is 0.0290. The molecule has 0 radical (unpaired) electrons. The van der Waals surface area contributed by atoms with E-state index in [1.165, 1.54) is 13.8 Å². The van der Waals surface area contributed by atoms with E-state index in [1.807, 2.05) is 0 Å². The third-order valence-electron chi connectivity index (χ3n) is 1.36. The minimum Gasteiger partial charge on any atom is -0.457 e. The number of hydrogen-bond acceptors (Lipinski definition) is 5. The standard InChI is InChI=1S/C8H15O5P/c1-5-8(9)13-7(2)6-12-14(4,10)11-3/h5,7H,1,6H2,2-4H3. The first-order chi connectivity index (χ1) is 6.41. The van der Waals surface area contributed by atoms with Gasteiger partial charge in [-0.05, 0) is 6.92 Å². The smallest absolute Gasteiger partial charge is 0.330 e. The molecular weight excluding hydrogens is 207 g/mol. The molecule has 0 amide bonds. The van der Waals surface area contributed by atoms with E-state index in [9.17, 15) is 9.36 Å². The largest absolute Gasteiger partial charge is 0.457 e. The van der Waals surface area contributed by atoms with Crippen LogP contribution in [0, 0.1) is 0 Å². The molecule has 0 saturated heterocycles. The second-order valence-corrected chi connectivity index (χ2v) is 4.87. The van der Waals surface area contributed by atoms with Gasteiger partial charge >= 0.3 is 13.6 Å². The lowest BCUT2D eigenvalue weighted by molar-refractivity contribution is -0.143. The van der Waals surface area contributed by atoms with E-state index in [1.54, 1.807) is 6.92 Å². The molecule has 2 atom stereocenters. The molecule has 0 saturated carbocycles. The number of carbonyl (C=O) groups excluding carboxylic acids is 1. The Hall–Kier alpha value is -0.640. The molecule has 0 aliphatic heterocycles. The van der Waals surface area contributed by atoms with Gasteiger partial charge in [0, 0.05) is 19.9 Å². The third kappa shape index (κ3) is 5.91. The minimum atomic E-state index is -3.00. The highest BCUT2D eigenvalue weighted by atomic mass is 31.2. The average Bonchev–Trinajstić information content (AvgIpc) is 2.15. The first-order valence-electron chi connectivity index (χ1n) is 4.02. The Labute approximate surface area is 83.6 Å². The number of hydrogen-bond donors (Lipinski definition) is 0. The average molecular weight is 222 g/mol. The lowest BCUT2D eigenvalue weighted by Crippen LogP contribution is -2.18. The van der Waals surface area contributed by atoms with E-state index < -0.39 is 19.7 Å². The molecule has 0 heterocycles. The van der Waals surface area contributed by atoms with Crippen molar-refractivity contribution in [2.24, 2.45) is 0 Å². The number of esters is 1. The van der Waals surface area contributed by atoms with Crippen molar-refractivity contribution >= 4 is 13.6 Å². The summed E-state index contributed by atoms with van der Waals surface area (Å²) < 4.78 is 25.5. The molecule has 0 fully saturated rings. The van der Waals surface area contributed by atoms with Gasteiger partial charge in [-0.15, -0.1) is 0 Å². The Bertz CT molecular complexity index is 250. The molecule has 0 aromatic heterocycles. The summed E-state index contributed by atoms with van der Waals surface area (Å²) in [5.74, 6) is -0.538. The Morgan fingerprint density at radius 3 is 2.64 bits per heavy atom. The predicted molar refractivity (Wildman–Crippen MR) is 52.2 cm³/mol. The van der Waals surface area contributed by atoms with E-state index in [0.29, 0.717) is 0 Å². The van der Waals surface area contributed by atoms with Gasteiger partial charge in [0.05, 0.1) is 6.61 Å². The molecule has 0 aromatic carbocycles. The molecule has 14 heavy (non-hydrogen) atoms. The first kappa shape index (κ1) is 13.4. The fraction of sp³-hybridized carbons (Fsp3) is 0.625. The Kier molecular flexibility index (Phi) is 5.69. The summed E-state index contributed by atoms with van der Waals surface area (Å²) >= 11 is 0. The molecule has 6 heteroatoms. The fourth-order valence-electron chi connectivity index (χ4n) is 0.573. The van der Waals surface area contributed by atoms with E-state index in [0.717, 1.165) is 6.08 Å². The number of carbonyl (C=O) groups is 1. The zero-order valence-corrected chi connectivity index (χ0v) is 9.45. The van der Waals surface area contributed by atoms with Gasteiger partial charge < -0.3 is 13.8 Å². The van der Waals surface area contributed by atoms with E-state index in [-0.39, 0.29) is 6.61 Å². The number of rotatable bonds is 6. The van der Waals surface area contributed by atoms with Crippen LogP contribution in [0.1, 0.15) is 6.92 Å². The van der Waals surface area contributed by atoms with Gasteiger partial charge in [-0.25, -0.2) is 4.79 Å². The lowest BCUT2D eigenvalue weighted by atomic mass is 10.4. The molecule has 2 unspecified atom stereocenters. The highest BCUT2D eigenvalue weighted by Gasteiger charge is 2.17. The van der Waals surface area contributed by atoms with Crippen molar-refractivity contribution in [1.82, 2.24) is 0 Å².